The zero-order chi connectivity index (χ0) is 24.5. The molecule has 0 aliphatic heterocycles. The molecule has 0 radical (unpaired) electrons. The van der Waals surface area contributed by atoms with Crippen LogP contribution in [-0.2, 0) is 20.9 Å². The summed E-state index contributed by atoms with van der Waals surface area (Å²) in [6.07, 6.45) is 2.86. The molecule has 0 fully saturated rings. The van der Waals surface area contributed by atoms with E-state index in [9.17, 15) is 14.4 Å². The van der Waals surface area contributed by atoms with Crippen LogP contribution in [0.5, 0.6) is 5.75 Å². The topological polar surface area (TPSA) is 122 Å². The summed E-state index contributed by atoms with van der Waals surface area (Å²) in [7, 11) is 0. The van der Waals surface area contributed by atoms with Crippen molar-refractivity contribution in [3.05, 3.63) is 82.8 Å². The van der Waals surface area contributed by atoms with E-state index < -0.39 is 11.8 Å². The number of hydrogen-bond acceptors (Lipinski definition) is 6. The molecule has 9 heteroatoms. The van der Waals surface area contributed by atoms with Gasteiger partial charge in [0.1, 0.15) is 11.5 Å². The fourth-order valence-corrected chi connectivity index (χ4v) is 3.23. The number of amides is 3. The molecule has 1 heterocycles. The van der Waals surface area contributed by atoms with Gasteiger partial charge in [0.2, 0.25) is 0 Å². The molecule has 0 aliphatic carbocycles. The largest absolute Gasteiger partial charge is 0.484 e. The third-order valence-corrected chi connectivity index (χ3v) is 4.78. The normalized spacial score (nSPS) is 10.7. The summed E-state index contributed by atoms with van der Waals surface area (Å²) in [5, 5.41) is 9.08. The lowest BCUT2D eigenvalue weighted by Gasteiger charge is -2.13. The monoisotopic (exact) mass is 462 g/mol. The van der Waals surface area contributed by atoms with E-state index in [4.69, 9.17) is 9.15 Å². The third kappa shape index (κ3) is 7.06. The quantitative estimate of drug-likeness (QED) is 0.270. The average Bonchev–Trinajstić information content (AvgIpc) is 3.33. The molecule has 0 saturated carbocycles. The summed E-state index contributed by atoms with van der Waals surface area (Å²) in [4.78, 5) is 35.8. The summed E-state index contributed by atoms with van der Waals surface area (Å²) in [5.74, 6) is -0.941. The molecular formula is C25H26N4O5. The molecule has 0 bridgehead atoms. The lowest BCUT2D eigenvalue weighted by molar-refractivity contribution is -0.139. The van der Waals surface area contributed by atoms with Crippen molar-refractivity contribution >= 4 is 29.6 Å². The molecule has 0 spiro atoms. The fourth-order valence-electron chi connectivity index (χ4n) is 3.23. The van der Waals surface area contributed by atoms with Gasteiger partial charge in [-0.25, -0.2) is 5.43 Å². The van der Waals surface area contributed by atoms with Gasteiger partial charge in [-0.2, -0.15) is 5.10 Å². The van der Waals surface area contributed by atoms with E-state index in [1.807, 2.05) is 32.9 Å². The highest BCUT2D eigenvalue weighted by atomic mass is 16.5. The van der Waals surface area contributed by atoms with Crippen molar-refractivity contribution in [2.75, 3.05) is 11.9 Å². The van der Waals surface area contributed by atoms with Gasteiger partial charge in [0, 0.05) is 5.69 Å². The molecule has 1 aromatic heterocycles. The van der Waals surface area contributed by atoms with Gasteiger partial charge in [-0.3, -0.25) is 14.4 Å². The second kappa shape index (κ2) is 11.5. The minimum Gasteiger partial charge on any atom is -0.484 e. The van der Waals surface area contributed by atoms with Gasteiger partial charge in [-0.1, -0.05) is 17.7 Å². The van der Waals surface area contributed by atoms with Crippen LogP contribution < -0.4 is 20.8 Å². The second-order valence-electron chi connectivity index (χ2n) is 7.64. The molecule has 0 unspecified atom stereocenters. The first-order valence-corrected chi connectivity index (χ1v) is 10.6. The van der Waals surface area contributed by atoms with Crippen molar-refractivity contribution in [3.63, 3.8) is 0 Å². The number of nitrogens with zero attached hydrogens (tertiary/aromatic N) is 1. The van der Waals surface area contributed by atoms with Crippen LogP contribution in [0.15, 0.2) is 64.3 Å². The predicted octanol–water partition coefficient (Wildman–Crippen LogP) is 2.99. The Bertz CT molecular complexity index is 1160. The summed E-state index contributed by atoms with van der Waals surface area (Å²) < 4.78 is 10.6. The Hall–Kier alpha value is -4.40. The van der Waals surface area contributed by atoms with Crippen LogP contribution in [0.4, 0.5) is 5.69 Å². The van der Waals surface area contributed by atoms with E-state index >= 15 is 0 Å². The maximum atomic E-state index is 12.3. The average molecular weight is 463 g/mol. The van der Waals surface area contributed by atoms with Gasteiger partial charge in [-0.05, 0) is 73.9 Å². The van der Waals surface area contributed by atoms with Gasteiger partial charge < -0.3 is 19.8 Å². The number of hydrazone groups is 1. The molecule has 3 N–H and O–H groups in total. The number of furan rings is 1. The van der Waals surface area contributed by atoms with Crippen molar-refractivity contribution in [2.24, 2.45) is 5.10 Å². The fraction of sp³-hybridized carbons (Fsp3) is 0.200. The molecule has 3 aromatic rings. The molecule has 34 heavy (non-hydrogen) atoms. The van der Waals surface area contributed by atoms with Crippen LogP contribution >= 0.6 is 0 Å². The van der Waals surface area contributed by atoms with Crippen molar-refractivity contribution in [3.8, 4) is 5.75 Å². The molecule has 0 aliphatic rings. The molecule has 0 atom stereocenters. The van der Waals surface area contributed by atoms with E-state index in [0.29, 0.717) is 17.1 Å². The Balaban J connectivity index is 1.43. The number of benzene rings is 2. The highest BCUT2D eigenvalue weighted by Crippen LogP contribution is 2.22. The van der Waals surface area contributed by atoms with Gasteiger partial charge in [0.05, 0.1) is 19.0 Å². The number of hydrogen-bond donors (Lipinski definition) is 3. The van der Waals surface area contributed by atoms with Crippen LogP contribution in [0.3, 0.4) is 0 Å². The summed E-state index contributed by atoms with van der Waals surface area (Å²) >= 11 is 0. The number of anilines is 1. The molecule has 0 saturated heterocycles. The molecule has 3 amide bonds. The first-order chi connectivity index (χ1) is 16.3. The first-order valence-electron chi connectivity index (χ1n) is 10.6. The Labute approximate surface area is 197 Å². The van der Waals surface area contributed by atoms with Crippen LogP contribution in [-0.4, -0.2) is 30.5 Å². The highest BCUT2D eigenvalue weighted by molar-refractivity contribution is 6.35. The first kappa shape index (κ1) is 24.2. The third-order valence-electron chi connectivity index (χ3n) is 4.78. The number of nitrogens with one attached hydrogen (secondary N) is 3. The van der Waals surface area contributed by atoms with Crippen molar-refractivity contribution in [2.45, 2.75) is 27.3 Å². The van der Waals surface area contributed by atoms with Gasteiger partial charge in [-0.15, -0.1) is 0 Å². The molecule has 176 valence electrons. The van der Waals surface area contributed by atoms with E-state index in [1.54, 1.807) is 36.4 Å². The van der Waals surface area contributed by atoms with Crippen molar-refractivity contribution in [1.29, 1.82) is 0 Å². The Morgan fingerprint density at radius 3 is 2.35 bits per heavy atom. The molecule has 3 rings (SSSR count). The molecule has 9 nitrogen and oxygen atoms in total. The Kier molecular flexibility index (Phi) is 8.17. The maximum absolute atomic E-state index is 12.3. The minimum absolute atomic E-state index is 0.104. The van der Waals surface area contributed by atoms with Crippen molar-refractivity contribution < 1.29 is 23.5 Å². The molecule has 2 aromatic carbocycles. The Morgan fingerprint density at radius 2 is 1.71 bits per heavy atom. The smallest absolute Gasteiger partial charge is 0.329 e. The van der Waals surface area contributed by atoms with E-state index in [0.717, 1.165) is 22.4 Å². The number of aryl methyl sites for hydroxylation is 3. The van der Waals surface area contributed by atoms with E-state index in [2.05, 4.69) is 21.2 Å². The lowest BCUT2D eigenvalue weighted by atomic mass is 10.1. The van der Waals surface area contributed by atoms with E-state index in [1.165, 1.54) is 12.5 Å². The van der Waals surface area contributed by atoms with Crippen LogP contribution in [0.1, 0.15) is 28.0 Å². The Morgan fingerprint density at radius 1 is 1.00 bits per heavy atom. The van der Waals surface area contributed by atoms with Gasteiger partial charge in [0.25, 0.3) is 5.91 Å². The maximum Gasteiger partial charge on any atom is 0.329 e. The molecular weight excluding hydrogens is 436 g/mol. The summed E-state index contributed by atoms with van der Waals surface area (Å²) in [5.41, 5.74) is 6.75. The lowest BCUT2D eigenvalue weighted by Crippen LogP contribution is -2.37. The second-order valence-corrected chi connectivity index (χ2v) is 7.64. The highest BCUT2D eigenvalue weighted by Gasteiger charge is 2.12. The zero-order valence-electron chi connectivity index (χ0n) is 19.2. The zero-order valence-corrected chi connectivity index (χ0v) is 19.2. The number of carbonyl (C=O) groups is 3. The number of carbonyl (C=O) groups excluding carboxylic acids is 3. The van der Waals surface area contributed by atoms with Crippen LogP contribution in [0, 0.1) is 20.8 Å². The number of rotatable bonds is 8. The SMILES string of the molecule is Cc1cc(C)c(NC(=O)COc2ccc(/C=N\NC(=O)C(=O)NCc3ccco3)cc2)c(C)c1. The number of ether oxygens (including phenoxy) is 1. The summed E-state index contributed by atoms with van der Waals surface area (Å²) in [6.45, 7) is 5.88. The van der Waals surface area contributed by atoms with Gasteiger partial charge in [0.15, 0.2) is 6.61 Å². The van der Waals surface area contributed by atoms with Crippen LogP contribution in [0.25, 0.3) is 0 Å². The predicted molar refractivity (Wildman–Crippen MR) is 128 cm³/mol. The van der Waals surface area contributed by atoms with Gasteiger partial charge >= 0.3 is 11.8 Å². The minimum atomic E-state index is -0.896. The van der Waals surface area contributed by atoms with Crippen LogP contribution in [0.2, 0.25) is 0 Å². The summed E-state index contributed by atoms with van der Waals surface area (Å²) in [6, 6.07) is 14.2. The standard InChI is InChI=1S/C25H26N4O5/c1-16-11-17(2)23(18(3)12-16)28-22(30)15-34-20-8-6-19(7-9-20)13-27-29-25(32)24(31)26-14-21-5-4-10-33-21/h4-13H,14-15H2,1-3H3,(H,26,31)(H,28,30)(H,29,32)/b27-13-. The van der Waals surface area contributed by atoms with Crippen molar-refractivity contribution in [1.82, 2.24) is 10.7 Å². The van der Waals surface area contributed by atoms with E-state index in [-0.39, 0.29) is 19.1 Å².